The van der Waals surface area contributed by atoms with E-state index in [2.05, 4.69) is 5.32 Å². The summed E-state index contributed by atoms with van der Waals surface area (Å²) in [6, 6.07) is 0. The fourth-order valence-corrected chi connectivity index (χ4v) is 3.60. The predicted octanol–water partition coefficient (Wildman–Crippen LogP) is 0.434. The van der Waals surface area contributed by atoms with Crippen molar-refractivity contribution in [3.63, 3.8) is 0 Å². The van der Waals surface area contributed by atoms with Gasteiger partial charge in [0.1, 0.15) is 0 Å². The van der Waals surface area contributed by atoms with Crippen molar-refractivity contribution in [2.75, 3.05) is 13.6 Å². The summed E-state index contributed by atoms with van der Waals surface area (Å²) in [5, 5.41) is 48.5. The Morgan fingerprint density at radius 1 is 0.643 bits per heavy atom. The zero-order valence-electron chi connectivity index (χ0n) is 15.5. The molecule has 0 aliphatic rings. The number of carbonyl (C=O) groups is 5. The molecule has 0 spiro atoms. The number of carboxylic acid groups (broad SMARTS) is 5. The molecule has 0 aromatic rings. The van der Waals surface area contributed by atoms with Gasteiger partial charge in [-0.25, -0.2) is 0 Å². The third-order valence-electron chi connectivity index (χ3n) is 4.65. The van der Waals surface area contributed by atoms with Gasteiger partial charge >= 0.3 is 29.8 Å². The molecule has 0 aliphatic heterocycles. The molecular weight excluding hydrogens is 378 g/mol. The SMILES string of the molecule is CNC[C@@H](CC(=O)O)[C@H](CC(=O)O)[C@H](CC(=O)O)[C@H](CCC(=O)O)CC(=O)O. The van der Waals surface area contributed by atoms with Crippen LogP contribution >= 0.6 is 0 Å². The van der Waals surface area contributed by atoms with E-state index < -0.39 is 85.6 Å². The van der Waals surface area contributed by atoms with Gasteiger partial charge in [0.15, 0.2) is 0 Å². The fraction of sp³-hybridized carbons (Fsp3) is 0.706. The molecule has 0 amide bonds. The van der Waals surface area contributed by atoms with E-state index in [0.717, 1.165) is 0 Å². The van der Waals surface area contributed by atoms with Crippen LogP contribution in [-0.4, -0.2) is 69.0 Å². The number of carboxylic acids is 5. The van der Waals surface area contributed by atoms with Gasteiger partial charge in [-0.2, -0.15) is 0 Å². The summed E-state index contributed by atoms with van der Waals surface area (Å²) in [5.74, 6) is -9.93. The Kier molecular flexibility index (Phi) is 11.4. The summed E-state index contributed by atoms with van der Waals surface area (Å²) < 4.78 is 0. The molecule has 0 bridgehead atoms. The van der Waals surface area contributed by atoms with Crippen molar-refractivity contribution in [1.29, 1.82) is 0 Å². The van der Waals surface area contributed by atoms with Crippen molar-refractivity contribution in [1.82, 2.24) is 5.32 Å². The summed E-state index contributed by atoms with van der Waals surface area (Å²) in [6.07, 6.45) is -2.69. The third-order valence-corrected chi connectivity index (χ3v) is 4.65. The monoisotopic (exact) mass is 405 g/mol. The second kappa shape index (κ2) is 12.7. The van der Waals surface area contributed by atoms with Crippen molar-refractivity contribution in [2.24, 2.45) is 23.7 Å². The zero-order valence-corrected chi connectivity index (χ0v) is 15.5. The zero-order chi connectivity index (χ0) is 21.9. The second-order valence-electron chi connectivity index (χ2n) is 6.73. The lowest BCUT2D eigenvalue weighted by molar-refractivity contribution is -0.147. The van der Waals surface area contributed by atoms with E-state index in [4.69, 9.17) is 15.3 Å². The molecule has 6 N–H and O–H groups in total. The maximum Gasteiger partial charge on any atom is 0.303 e. The Morgan fingerprint density at radius 3 is 1.39 bits per heavy atom. The maximum absolute atomic E-state index is 11.4. The molecule has 4 atom stereocenters. The molecule has 0 saturated heterocycles. The molecule has 0 saturated carbocycles. The van der Waals surface area contributed by atoms with Crippen molar-refractivity contribution in [2.45, 2.75) is 38.5 Å². The Hall–Kier alpha value is -2.69. The van der Waals surface area contributed by atoms with Crippen molar-refractivity contribution in [3.8, 4) is 0 Å². The minimum atomic E-state index is -1.30. The number of aliphatic carboxylic acids is 5. The summed E-state index contributed by atoms with van der Waals surface area (Å²) in [7, 11) is 1.53. The highest BCUT2D eigenvalue weighted by atomic mass is 16.4. The Labute approximate surface area is 161 Å². The van der Waals surface area contributed by atoms with Gasteiger partial charge in [-0.05, 0) is 43.7 Å². The first-order valence-corrected chi connectivity index (χ1v) is 8.71. The molecule has 0 aliphatic carbocycles. The van der Waals surface area contributed by atoms with Crippen LogP contribution in [0.5, 0.6) is 0 Å². The Bertz CT molecular complexity index is 576. The van der Waals surface area contributed by atoms with Crippen LogP contribution in [0.15, 0.2) is 0 Å². The average Bonchev–Trinajstić information content (AvgIpc) is 2.53. The first-order valence-electron chi connectivity index (χ1n) is 8.71. The van der Waals surface area contributed by atoms with Gasteiger partial charge in [0.25, 0.3) is 0 Å². The van der Waals surface area contributed by atoms with Gasteiger partial charge in [-0.1, -0.05) is 0 Å². The van der Waals surface area contributed by atoms with Gasteiger partial charge in [0.05, 0.1) is 0 Å². The lowest BCUT2D eigenvalue weighted by Crippen LogP contribution is -2.38. The van der Waals surface area contributed by atoms with Gasteiger partial charge in [0, 0.05) is 32.1 Å². The highest BCUT2D eigenvalue weighted by Crippen LogP contribution is 2.38. The summed E-state index contributed by atoms with van der Waals surface area (Å²) >= 11 is 0. The minimum Gasteiger partial charge on any atom is -0.481 e. The van der Waals surface area contributed by atoms with Gasteiger partial charge < -0.3 is 30.8 Å². The molecule has 0 unspecified atom stereocenters. The normalized spacial score (nSPS) is 15.2. The number of nitrogens with one attached hydrogen (secondary N) is 1. The third kappa shape index (κ3) is 10.5. The van der Waals surface area contributed by atoms with Crippen LogP contribution in [-0.2, 0) is 24.0 Å². The summed E-state index contributed by atoms with van der Waals surface area (Å²) in [5.41, 5.74) is 0. The van der Waals surface area contributed by atoms with Crippen LogP contribution in [0.3, 0.4) is 0 Å². The molecule has 28 heavy (non-hydrogen) atoms. The largest absolute Gasteiger partial charge is 0.481 e. The molecule has 11 heteroatoms. The first-order chi connectivity index (χ1) is 13.0. The number of rotatable bonds is 16. The molecule has 0 heterocycles. The van der Waals surface area contributed by atoms with E-state index in [-0.39, 0.29) is 13.0 Å². The van der Waals surface area contributed by atoms with E-state index in [0.29, 0.717) is 0 Å². The average molecular weight is 405 g/mol. The van der Waals surface area contributed by atoms with Crippen LogP contribution in [0.2, 0.25) is 0 Å². The molecule has 0 radical (unpaired) electrons. The maximum atomic E-state index is 11.4. The predicted molar refractivity (Wildman–Crippen MR) is 93.8 cm³/mol. The van der Waals surface area contributed by atoms with Gasteiger partial charge in [0.2, 0.25) is 0 Å². The fourth-order valence-electron chi connectivity index (χ4n) is 3.60. The number of hydrogen-bond acceptors (Lipinski definition) is 6. The second-order valence-corrected chi connectivity index (χ2v) is 6.73. The standard InChI is InChI=1S/C17H27NO10/c1-18-8-10(5-15(23)24)12(7-17(27)28)11(6-16(25)26)9(4-14(21)22)2-3-13(19)20/h9-12,18H,2-8H2,1H3,(H,19,20)(H,21,22)(H,23,24)(H,25,26)(H,27,28)/t9-,10-,11-,12+/m1/s1. The summed E-state index contributed by atoms with van der Waals surface area (Å²) in [6.45, 7) is 0.0824. The van der Waals surface area contributed by atoms with E-state index in [1.54, 1.807) is 0 Å². The van der Waals surface area contributed by atoms with Crippen LogP contribution < -0.4 is 5.32 Å². The smallest absolute Gasteiger partial charge is 0.303 e. The highest BCUT2D eigenvalue weighted by molar-refractivity contribution is 5.71. The molecule has 0 aromatic carbocycles. The van der Waals surface area contributed by atoms with E-state index in [1.807, 2.05) is 0 Å². The van der Waals surface area contributed by atoms with Crippen molar-refractivity contribution >= 4 is 29.8 Å². The molecule has 0 aromatic heterocycles. The van der Waals surface area contributed by atoms with Gasteiger partial charge in [-0.3, -0.25) is 24.0 Å². The van der Waals surface area contributed by atoms with Crippen LogP contribution in [0.1, 0.15) is 38.5 Å². The highest BCUT2D eigenvalue weighted by Gasteiger charge is 2.39. The van der Waals surface area contributed by atoms with Crippen LogP contribution in [0, 0.1) is 23.7 Å². The van der Waals surface area contributed by atoms with E-state index >= 15 is 0 Å². The van der Waals surface area contributed by atoms with Crippen molar-refractivity contribution in [3.05, 3.63) is 0 Å². The van der Waals surface area contributed by atoms with Crippen LogP contribution in [0.4, 0.5) is 0 Å². The molecule has 0 fully saturated rings. The number of hydrogen-bond donors (Lipinski definition) is 6. The van der Waals surface area contributed by atoms with Crippen LogP contribution in [0.25, 0.3) is 0 Å². The molecular formula is C17H27NO10. The van der Waals surface area contributed by atoms with E-state index in [1.165, 1.54) is 7.05 Å². The summed E-state index contributed by atoms with van der Waals surface area (Å²) in [4.78, 5) is 56.1. The van der Waals surface area contributed by atoms with E-state index in [9.17, 15) is 34.2 Å². The minimum absolute atomic E-state index is 0.0824. The van der Waals surface area contributed by atoms with Gasteiger partial charge in [-0.15, -0.1) is 0 Å². The quantitative estimate of drug-likeness (QED) is 0.208. The Morgan fingerprint density at radius 2 is 1.04 bits per heavy atom. The topological polar surface area (TPSA) is 199 Å². The first kappa shape index (κ1) is 25.3. The lowest BCUT2D eigenvalue weighted by atomic mass is 9.68. The van der Waals surface area contributed by atoms with Crippen molar-refractivity contribution < 1.29 is 49.5 Å². The molecule has 11 nitrogen and oxygen atoms in total. The Balaban J connectivity index is 6.06. The lowest BCUT2D eigenvalue weighted by Gasteiger charge is -2.36. The molecule has 0 rings (SSSR count). The molecule has 160 valence electrons.